The van der Waals surface area contributed by atoms with Crippen LogP contribution in [0.2, 0.25) is 0 Å². The van der Waals surface area contributed by atoms with Gasteiger partial charge < -0.3 is 10.1 Å². The Morgan fingerprint density at radius 3 is 2.95 bits per heavy atom. The number of ether oxygens (including phenoxy) is 1. The highest BCUT2D eigenvalue weighted by molar-refractivity contribution is 8.00. The Kier molecular flexibility index (Phi) is 4.11. The Bertz CT molecular complexity index is 748. The van der Waals surface area contributed by atoms with E-state index >= 15 is 0 Å². The van der Waals surface area contributed by atoms with Crippen LogP contribution in [0.3, 0.4) is 0 Å². The van der Waals surface area contributed by atoms with Crippen molar-refractivity contribution in [3.8, 4) is 0 Å². The molecule has 4 nitrogen and oxygen atoms in total. The zero-order chi connectivity index (χ0) is 15.5. The molecule has 0 fully saturated rings. The SMILES string of the molecule is O=C1CSc2ccc(C(=O)OCc3cccc(F)c3)cc2N1. The first kappa shape index (κ1) is 14.6. The van der Waals surface area contributed by atoms with E-state index in [4.69, 9.17) is 4.74 Å². The first-order valence-electron chi connectivity index (χ1n) is 6.60. The van der Waals surface area contributed by atoms with Gasteiger partial charge >= 0.3 is 5.97 Å². The molecule has 0 aromatic heterocycles. The van der Waals surface area contributed by atoms with Crippen LogP contribution in [0.4, 0.5) is 10.1 Å². The Morgan fingerprint density at radius 2 is 2.14 bits per heavy atom. The summed E-state index contributed by atoms with van der Waals surface area (Å²) in [6.07, 6.45) is 0. The van der Waals surface area contributed by atoms with Crippen molar-refractivity contribution < 1.29 is 18.7 Å². The third-order valence-electron chi connectivity index (χ3n) is 3.11. The van der Waals surface area contributed by atoms with Gasteiger partial charge in [-0.1, -0.05) is 12.1 Å². The summed E-state index contributed by atoms with van der Waals surface area (Å²) in [7, 11) is 0. The minimum Gasteiger partial charge on any atom is -0.457 e. The van der Waals surface area contributed by atoms with Gasteiger partial charge in [0, 0.05) is 4.90 Å². The lowest BCUT2D eigenvalue weighted by Gasteiger charge is -2.16. The van der Waals surface area contributed by atoms with Gasteiger partial charge in [0.25, 0.3) is 0 Å². The smallest absolute Gasteiger partial charge is 0.338 e. The highest BCUT2D eigenvalue weighted by atomic mass is 32.2. The van der Waals surface area contributed by atoms with Crippen LogP contribution in [-0.2, 0) is 16.1 Å². The van der Waals surface area contributed by atoms with E-state index in [1.807, 2.05) is 0 Å². The first-order valence-corrected chi connectivity index (χ1v) is 7.58. The molecule has 0 unspecified atom stereocenters. The molecule has 0 spiro atoms. The summed E-state index contributed by atoms with van der Waals surface area (Å²) in [6, 6.07) is 10.9. The van der Waals surface area contributed by atoms with Crippen LogP contribution in [0.1, 0.15) is 15.9 Å². The monoisotopic (exact) mass is 317 g/mol. The van der Waals surface area contributed by atoms with Gasteiger partial charge in [-0.15, -0.1) is 11.8 Å². The summed E-state index contributed by atoms with van der Waals surface area (Å²) < 4.78 is 18.2. The standard InChI is InChI=1S/C16H12FNO3S/c17-12-3-1-2-10(6-12)8-21-16(20)11-4-5-14-13(7-11)18-15(19)9-22-14/h1-7H,8-9H2,(H,18,19). The quantitative estimate of drug-likeness (QED) is 0.883. The molecule has 0 bridgehead atoms. The number of rotatable bonds is 3. The number of amides is 1. The maximum absolute atomic E-state index is 13.1. The van der Waals surface area contributed by atoms with Crippen LogP contribution in [-0.4, -0.2) is 17.6 Å². The van der Waals surface area contributed by atoms with Gasteiger partial charge in [-0.2, -0.15) is 0 Å². The number of hydrogen-bond acceptors (Lipinski definition) is 4. The van der Waals surface area contributed by atoms with E-state index in [0.717, 1.165) is 4.90 Å². The minimum atomic E-state index is -0.517. The normalized spacial score (nSPS) is 13.2. The molecular weight excluding hydrogens is 305 g/mol. The van der Waals surface area contributed by atoms with Crippen LogP contribution in [0.5, 0.6) is 0 Å². The van der Waals surface area contributed by atoms with Crippen molar-refractivity contribution in [1.29, 1.82) is 0 Å². The van der Waals surface area contributed by atoms with Gasteiger partial charge in [0.05, 0.1) is 17.0 Å². The van der Waals surface area contributed by atoms with Crippen molar-refractivity contribution in [2.24, 2.45) is 0 Å². The van der Waals surface area contributed by atoms with Gasteiger partial charge in [0.1, 0.15) is 12.4 Å². The van der Waals surface area contributed by atoms with Crippen molar-refractivity contribution >= 4 is 29.3 Å². The van der Waals surface area contributed by atoms with Crippen molar-refractivity contribution in [2.75, 3.05) is 11.1 Å². The fourth-order valence-corrected chi connectivity index (χ4v) is 2.86. The van der Waals surface area contributed by atoms with Crippen LogP contribution >= 0.6 is 11.8 Å². The molecule has 1 aliphatic heterocycles. The van der Waals surface area contributed by atoms with Gasteiger partial charge in [-0.3, -0.25) is 4.79 Å². The number of halogens is 1. The predicted molar refractivity (Wildman–Crippen MR) is 81.3 cm³/mol. The Balaban J connectivity index is 1.70. The molecule has 3 rings (SSSR count). The van der Waals surface area contributed by atoms with Crippen molar-refractivity contribution in [3.63, 3.8) is 0 Å². The lowest BCUT2D eigenvalue weighted by molar-refractivity contribution is -0.113. The van der Waals surface area contributed by atoms with Crippen LogP contribution in [0.25, 0.3) is 0 Å². The molecule has 22 heavy (non-hydrogen) atoms. The maximum Gasteiger partial charge on any atom is 0.338 e. The van der Waals surface area contributed by atoms with Gasteiger partial charge in [-0.05, 0) is 35.9 Å². The molecular formula is C16H12FNO3S. The average molecular weight is 317 g/mol. The number of carbonyl (C=O) groups is 2. The lowest BCUT2D eigenvalue weighted by atomic mass is 10.2. The summed E-state index contributed by atoms with van der Waals surface area (Å²) in [5.41, 5.74) is 1.54. The Morgan fingerprint density at radius 1 is 1.27 bits per heavy atom. The van der Waals surface area contributed by atoms with E-state index in [1.54, 1.807) is 30.3 Å². The van der Waals surface area contributed by atoms with Crippen LogP contribution in [0.15, 0.2) is 47.4 Å². The number of hydrogen-bond donors (Lipinski definition) is 1. The number of esters is 1. The van der Waals surface area contributed by atoms with E-state index in [9.17, 15) is 14.0 Å². The highest BCUT2D eigenvalue weighted by Crippen LogP contribution is 2.32. The fraction of sp³-hybridized carbons (Fsp3) is 0.125. The Labute approximate surface area is 130 Å². The van der Waals surface area contributed by atoms with E-state index < -0.39 is 5.97 Å². The molecule has 1 aliphatic rings. The third-order valence-corrected chi connectivity index (χ3v) is 4.18. The first-order chi connectivity index (χ1) is 10.6. The number of benzene rings is 2. The molecule has 1 heterocycles. The average Bonchev–Trinajstić information content (AvgIpc) is 2.52. The highest BCUT2D eigenvalue weighted by Gasteiger charge is 2.17. The Hall–Kier alpha value is -2.34. The molecule has 112 valence electrons. The molecule has 0 saturated carbocycles. The molecule has 1 N–H and O–H groups in total. The fourth-order valence-electron chi connectivity index (χ4n) is 2.07. The number of fused-ring (bicyclic) bond motifs is 1. The molecule has 1 amide bonds. The molecule has 0 saturated heterocycles. The molecule has 0 aliphatic carbocycles. The second-order valence-electron chi connectivity index (χ2n) is 4.75. The predicted octanol–water partition coefficient (Wildman–Crippen LogP) is 3.23. The third kappa shape index (κ3) is 3.28. The molecule has 6 heteroatoms. The number of nitrogens with one attached hydrogen (secondary N) is 1. The molecule has 0 atom stereocenters. The maximum atomic E-state index is 13.1. The summed E-state index contributed by atoms with van der Waals surface area (Å²) in [5.74, 6) is -0.613. The minimum absolute atomic E-state index is 0.00517. The van der Waals surface area contributed by atoms with Crippen LogP contribution < -0.4 is 5.32 Å². The second-order valence-corrected chi connectivity index (χ2v) is 5.77. The molecule has 0 radical (unpaired) electrons. The van der Waals surface area contributed by atoms with Crippen molar-refractivity contribution in [2.45, 2.75) is 11.5 Å². The van der Waals surface area contributed by atoms with E-state index in [-0.39, 0.29) is 18.3 Å². The lowest BCUT2D eigenvalue weighted by Crippen LogP contribution is -2.19. The summed E-state index contributed by atoms with van der Waals surface area (Å²) >= 11 is 1.42. The number of thioether (sulfide) groups is 1. The van der Waals surface area contributed by atoms with Crippen LogP contribution in [0, 0.1) is 5.82 Å². The topological polar surface area (TPSA) is 55.4 Å². The second kappa shape index (κ2) is 6.19. The summed E-state index contributed by atoms with van der Waals surface area (Å²) in [4.78, 5) is 24.3. The zero-order valence-corrected chi connectivity index (χ0v) is 12.3. The summed E-state index contributed by atoms with van der Waals surface area (Å²) in [5, 5.41) is 2.72. The van der Waals surface area contributed by atoms with Crippen molar-refractivity contribution in [3.05, 3.63) is 59.4 Å². The largest absolute Gasteiger partial charge is 0.457 e. The summed E-state index contributed by atoms with van der Waals surface area (Å²) in [6.45, 7) is -0.00517. The molecule has 2 aromatic carbocycles. The number of anilines is 1. The van der Waals surface area contributed by atoms with E-state index in [0.29, 0.717) is 22.6 Å². The van der Waals surface area contributed by atoms with Gasteiger partial charge in [-0.25, -0.2) is 9.18 Å². The van der Waals surface area contributed by atoms with Gasteiger partial charge in [0.15, 0.2) is 0 Å². The van der Waals surface area contributed by atoms with Crippen molar-refractivity contribution in [1.82, 2.24) is 0 Å². The van der Waals surface area contributed by atoms with Gasteiger partial charge in [0.2, 0.25) is 5.91 Å². The van der Waals surface area contributed by atoms with E-state index in [1.165, 1.54) is 23.9 Å². The number of carbonyl (C=O) groups excluding carboxylic acids is 2. The zero-order valence-electron chi connectivity index (χ0n) is 11.5. The molecule has 2 aromatic rings. The van der Waals surface area contributed by atoms with E-state index in [2.05, 4.69) is 5.32 Å².